The van der Waals surface area contributed by atoms with E-state index in [4.69, 9.17) is 5.11 Å². The predicted molar refractivity (Wildman–Crippen MR) is 144 cm³/mol. The van der Waals surface area contributed by atoms with Gasteiger partial charge in [-0.3, -0.25) is 0 Å². The summed E-state index contributed by atoms with van der Waals surface area (Å²) in [5.41, 5.74) is 9.01. The van der Waals surface area contributed by atoms with Crippen LogP contribution in [0.1, 0.15) is 30.9 Å². The fourth-order valence-corrected chi connectivity index (χ4v) is 5.90. The zero-order valence-electron chi connectivity index (χ0n) is 18.4. The summed E-state index contributed by atoms with van der Waals surface area (Å²) in [4.78, 5) is 0. The maximum Gasteiger partial charge on any atom is 0.0758 e. The van der Waals surface area contributed by atoms with Crippen molar-refractivity contribution in [3.05, 3.63) is 98.4 Å². The van der Waals surface area contributed by atoms with Crippen molar-refractivity contribution in [2.45, 2.75) is 32.3 Å². The first-order valence-electron chi connectivity index (χ1n) is 10.1. The van der Waals surface area contributed by atoms with E-state index in [2.05, 4.69) is 81.6 Å². The van der Waals surface area contributed by atoms with E-state index in [1.165, 1.54) is 21.3 Å². The van der Waals surface area contributed by atoms with Gasteiger partial charge in [0.1, 0.15) is 0 Å². The van der Waals surface area contributed by atoms with Crippen molar-refractivity contribution in [3.63, 3.8) is 0 Å². The minimum absolute atomic E-state index is 0.284. The van der Waals surface area contributed by atoms with Gasteiger partial charge in [-0.15, -0.1) is 0 Å². The molecule has 1 aromatic carbocycles. The number of rotatable bonds is 7. The Labute approximate surface area is 195 Å². The number of nitrogens with two attached hydrogens (primary N) is 1. The van der Waals surface area contributed by atoms with Crippen LogP contribution in [0.3, 0.4) is 0 Å². The van der Waals surface area contributed by atoms with Gasteiger partial charge in [-0.1, -0.05) is 37.3 Å². The number of terminal acetylenes is 1. The molecule has 1 atom stereocenters. The van der Waals surface area contributed by atoms with E-state index >= 15 is 0 Å². The third kappa shape index (κ3) is 9.88. The van der Waals surface area contributed by atoms with Gasteiger partial charge in [-0.2, -0.15) is 0 Å². The third-order valence-corrected chi connectivity index (χ3v) is 8.50. The maximum absolute atomic E-state index is 8.96. The molecule has 5 heteroatoms. The molecule has 0 fully saturated rings. The fourth-order valence-electron chi connectivity index (χ4n) is 2.74. The first kappa shape index (κ1) is 26.5. The average molecular weight is 531 g/mol. The van der Waals surface area contributed by atoms with Crippen molar-refractivity contribution in [1.82, 2.24) is 8.85 Å². The fraction of sp³-hybridized carbons (Fsp3) is 0.231. The Kier molecular flexibility index (Phi) is 13.1. The van der Waals surface area contributed by atoms with Crippen LogP contribution >= 0.6 is 20.1 Å². The Morgan fingerprint density at radius 2 is 2.06 bits per heavy atom. The molecular weight excluding hydrogens is 497 g/mol. The van der Waals surface area contributed by atoms with E-state index in [1.807, 2.05) is 19.2 Å². The van der Waals surface area contributed by atoms with Gasteiger partial charge < -0.3 is 10.8 Å². The molecule has 3 rings (SSSR count). The molecule has 5 N–H and O–H groups in total. The van der Waals surface area contributed by atoms with Gasteiger partial charge in [0.25, 0.3) is 0 Å². The average Bonchev–Trinajstić information content (AvgIpc) is 3.23. The Morgan fingerprint density at radius 1 is 1.39 bits per heavy atom. The Morgan fingerprint density at radius 3 is 2.58 bits per heavy atom. The van der Waals surface area contributed by atoms with Crippen LogP contribution in [0.25, 0.3) is 5.70 Å². The Balaban J connectivity index is 0.000000333. The monoisotopic (exact) mass is 531 g/mol. The molecule has 1 aromatic rings. The summed E-state index contributed by atoms with van der Waals surface area (Å²) in [7, 11) is 2.03. The van der Waals surface area contributed by atoms with Gasteiger partial charge in [0.2, 0.25) is 0 Å². The van der Waals surface area contributed by atoms with E-state index in [9.17, 15) is 0 Å². The largest absolute Gasteiger partial charge is 0.389 e. The molecule has 0 radical (unpaired) electrons. The van der Waals surface area contributed by atoms with Crippen molar-refractivity contribution < 1.29 is 5.11 Å². The van der Waals surface area contributed by atoms with E-state index in [-0.39, 0.29) is 6.10 Å². The van der Waals surface area contributed by atoms with Crippen LogP contribution in [-0.4, -0.2) is 18.3 Å². The molecule has 0 amide bonds. The summed E-state index contributed by atoms with van der Waals surface area (Å²) < 4.78 is 6.98. The van der Waals surface area contributed by atoms with Crippen LogP contribution in [0.15, 0.2) is 87.2 Å². The first-order valence-corrected chi connectivity index (χ1v) is 13.5. The first-order chi connectivity index (χ1) is 15.0. The van der Waals surface area contributed by atoms with Crippen molar-refractivity contribution in [3.8, 4) is 12.5 Å². The molecule has 0 spiro atoms. The van der Waals surface area contributed by atoms with Gasteiger partial charge >= 0.3 is 123 Å². The standard InChI is InChI=1S/C16H21IN2.C8H10O.C2H3N/c1-4-6-14-8-10-15(11-9-14)13(2)19-16-7-5-12-17(16)18-3;1-2-7-3-5-8(9)6-4-7;1-2-3/h5,7-12,18-19H,2,4,6H2,1,3H3;2-5,8-9H,1,6H2;1H,3H2. The van der Waals surface area contributed by atoms with Crippen LogP contribution in [-0.2, 0) is 6.42 Å². The van der Waals surface area contributed by atoms with Crippen LogP contribution < -0.4 is 14.6 Å². The number of aliphatic hydroxyl groups excluding tert-OH is 1. The second-order valence-corrected chi connectivity index (χ2v) is 11.4. The van der Waals surface area contributed by atoms with Crippen LogP contribution in [0.2, 0.25) is 0 Å². The Hall–Kier alpha value is -2.53. The summed E-state index contributed by atoms with van der Waals surface area (Å²) >= 11 is -1.29. The topological polar surface area (TPSA) is 70.3 Å². The molecule has 1 heterocycles. The van der Waals surface area contributed by atoms with E-state index < -0.39 is 20.1 Å². The molecule has 31 heavy (non-hydrogen) atoms. The number of aliphatic hydroxyl groups is 1. The number of halogens is 1. The van der Waals surface area contributed by atoms with E-state index in [1.54, 1.807) is 18.2 Å². The minimum Gasteiger partial charge on any atom is -0.389 e. The van der Waals surface area contributed by atoms with E-state index in [0.717, 1.165) is 24.1 Å². The van der Waals surface area contributed by atoms with Crippen molar-refractivity contribution in [2.24, 2.45) is 5.73 Å². The second kappa shape index (κ2) is 15.3. The second-order valence-electron chi connectivity index (χ2n) is 6.62. The van der Waals surface area contributed by atoms with Gasteiger partial charge in [-0.05, 0) is 18.0 Å². The van der Waals surface area contributed by atoms with Gasteiger partial charge in [0.05, 0.1) is 6.10 Å². The third-order valence-electron chi connectivity index (χ3n) is 4.32. The molecule has 2 aliphatic rings. The minimum atomic E-state index is -1.29. The number of benzene rings is 1. The number of nitrogens with one attached hydrogen (secondary N) is 2. The molecule has 0 saturated heterocycles. The summed E-state index contributed by atoms with van der Waals surface area (Å²) in [6.07, 6.45) is 18.8. The summed E-state index contributed by atoms with van der Waals surface area (Å²) in [5, 5.41) is 12.4. The van der Waals surface area contributed by atoms with Crippen molar-refractivity contribution in [2.75, 3.05) is 7.05 Å². The predicted octanol–water partition coefficient (Wildman–Crippen LogP) is 5.16. The summed E-state index contributed by atoms with van der Waals surface area (Å²) in [5.74, 6) is 0. The normalized spacial score (nSPS) is 17.1. The molecule has 166 valence electrons. The molecule has 0 saturated carbocycles. The van der Waals surface area contributed by atoms with Crippen molar-refractivity contribution >= 4 is 25.8 Å². The molecule has 1 aliphatic heterocycles. The molecule has 0 bridgehead atoms. The number of hydrogen-bond donors (Lipinski definition) is 4. The summed E-state index contributed by atoms with van der Waals surface area (Å²) in [6.45, 7) is 9.96. The van der Waals surface area contributed by atoms with Crippen LogP contribution in [0.5, 0.6) is 0 Å². The van der Waals surface area contributed by atoms with Crippen LogP contribution in [0.4, 0.5) is 0 Å². The quantitative estimate of drug-likeness (QED) is 0.129. The molecule has 4 nitrogen and oxygen atoms in total. The number of aryl methyl sites for hydroxylation is 1. The SMILES string of the molecule is C#CN.C=C(NC1=CC=CI1NC)c1ccc(CCC)cc1.C=CC1=CCC(O)C=C1. The molecule has 1 unspecified atom stereocenters. The van der Waals surface area contributed by atoms with Crippen LogP contribution in [0, 0.1) is 12.5 Å². The number of hydrogen-bond acceptors (Lipinski definition) is 4. The number of allylic oxidation sites excluding steroid dienone is 5. The molecule has 1 aliphatic carbocycles. The smallest absolute Gasteiger partial charge is 0.0758 e. The zero-order valence-corrected chi connectivity index (χ0v) is 20.6. The van der Waals surface area contributed by atoms with E-state index in [0.29, 0.717) is 0 Å². The summed E-state index contributed by atoms with van der Waals surface area (Å²) in [6, 6.07) is 10.4. The van der Waals surface area contributed by atoms with Gasteiger partial charge in [0.15, 0.2) is 0 Å². The van der Waals surface area contributed by atoms with Gasteiger partial charge in [-0.25, -0.2) is 0 Å². The van der Waals surface area contributed by atoms with Gasteiger partial charge in [0, 0.05) is 0 Å². The van der Waals surface area contributed by atoms with Crippen molar-refractivity contribution in [1.29, 1.82) is 0 Å². The molecular formula is C26H34IN3O. The maximum atomic E-state index is 8.96. The Bertz CT molecular complexity index is 873. The molecule has 0 aromatic heterocycles. The zero-order chi connectivity index (χ0) is 23.1.